The van der Waals surface area contributed by atoms with Crippen LogP contribution in [0.4, 0.5) is 13.2 Å². The van der Waals surface area contributed by atoms with Crippen molar-refractivity contribution in [1.82, 2.24) is 0 Å². The van der Waals surface area contributed by atoms with Gasteiger partial charge in [0, 0.05) is 0 Å². The van der Waals surface area contributed by atoms with Crippen LogP contribution in [0.2, 0.25) is 0 Å². The maximum absolute atomic E-state index is 12.6. The average molecular weight is 254 g/mol. The van der Waals surface area contributed by atoms with E-state index in [1.165, 1.54) is 13.0 Å². The highest BCUT2D eigenvalue weighted by molar-refractivity contribution is 5.84. The van der Waals surface area contributed by atoms with E-state index in [4.69, 9.17) is 4.74 Å². The summed E-state index contributed by atoms with van der Waals surface area (Å²) in [5.41, 5.74) is 0.278. The van der Waals surface area contributed by atoms with Crippen LogP contribution in [0, 0.1) is 0 Å². The van der Waals surface area contributed by atoms with Gasteiger partial charge in [0.15, 0.2) is 0 Å². The van der Waals surface area contributed by atoms with Gasteiger partial charge in [0.25, 0.3) is 0 Å². The molecule has 1 atom stereocenters. The van der Waals surface area contributed by atoms with Crippen LogP contribution in [-0.2, 0) is 0 Å². The van der Waals surface area contributed by atoms with E-state index in [2.05, 4.69) is 0 Å². The zero-order valence-electron chi connectivity index (χ0n) is 10.1. The lowest BCUT2D eigenvalue weighted by molar-refractivity contribution is -0.146. The fraction of sp³-hybridized carbons (Fsp3) is 0.286. The number of benzene rings is 2. The standard InChI is InChI=1S/C14H13F3O/c1-9(14(15,16)17)10-3-4-12-8-13(18-2)6-5-11(12)7-10/h3-9H,1-2H3. The molecule has 0 aliphatic carbocycles. The topological polar surface area (TPSA) is 9.23 Å². The molecule has 2 aromatic carbocycles. The molecule has 18 heavy (non-hydrogen) atoms. The maximum atomic E-state index is 12.6. The molecule has 1 unspecified atom stereocenters. The number of halogens is 3. The summed E-state index contributed by atoms with van der Waals surface area (Å²) in [6.07, 6.45) is -4.21. The molecular formula is C14H13F3O. The Hall–Kier alpha value is -1.71. The van der Waals surface area contributed by atoms with Gasteiger partial charge in [-0.25, -0.2) is 0 Å². The van der Waals surface area contributed by atoms with Crippen LogP contribution in [0.3, 0.4) is 0 Å². The lowest BCUT2D eigenvalue weighted by Crippen LogP contribution is -2.17. The van der Waals surface area contributed by atoms with Gasteiger partial charge in [-0.1, -0.05) is 24.3 Å². The first-order valence-corrected chi connectivity index (χ1v) is 5.56. The minimum atomic E-state index is -4.21. The Bertz CT molecular complexity index is 560. The average Bonchev–Trinajstić information content (AvgIpc) is 2.35. The van der Waals surface area contributed by atoms with Crippen LogP contribution in [0.5, 0.6) is 5.75 Å². The van der Waals surface area contributed by atoms with E-state index in [1.807, 2.05) is 0 Å². The molecule has 0 amide bonds. The van der Waals surface area contributed by atoms with Gasteiger partial charge in [-0.3, -0.25) is 0 Å². The lowest BCUT2D eigenvalue weighted by Gasteiger charge is -2.16. The van der Waals surface area contributed by atoms with Crippen molar-refractivity contribution in [2.45, 2.75) is 19.0 Å². The number of methoxy groups -OCH3 is 1. The monoisotopic (exact) mass is 254 g/mol. The quantitative estimate of drug-likeness (QED) is 0.765. The first-order chi connectivity index (χ1) is 8.41. The molecule has 4 heteroatoms. The van der Waals surface area contributed by atoms with Crippen LogP contribution in [0.1, 0.15) is 18.4 Å². The largest absolute Gasteiger partial charge is 0.497 e. The molecule has 0 aliphatic rings. The van der Waals surface area contributed by atoms with Gasteiger partial charge >= 0.3 is 6.18 Å². The lowest BCUT2D eigenvalue weighted by atomic mass is 9.97. The summed E-state index contributed by atoms with van der Waals surface area (Å²) in [7, 11) is 1.56. The molecule has 0 heterocycles. The summed E-state index contributed by atoms with van der Waals surface area (Å²) in [6, 6.07) is 10.1. The minimum Gasteiger partial charge on any atom is -0.497 e. The van der Waals surface area contributed by atoms with Crippen LogP contribution in [0.25, 0.3) is 10.8 Å². The van der Waals surface area contributed by atoms with Crippen molar-refractivity contribution in [3.05, 3.63) is 42.0 Å². The van der Waals surface area contributed by atoms with Gasteiger partial charge in [-0.05, 0) is 35.4 Å². The Morgan fingerprint density at radius 2 is 1.61 bits per heavy atom. The fourth-order valence-corrected chi connectivity index (χ4v) is 1.83. The van der Waals surface area contributed by atoms with Crippen LogP contribution < -0.4 is 4.74 Å². The zero-order chi connectivity index (χ0) is 13.3. The normalized spacial score (nSPS) is 13.6. The van der Waals surface area contributed by atoms with Crippen LogP contribution in [-0.4, -0.2) is 13.3 Å². The van der Waals surface area contributed by atoms with Gasteiger partial charge in [-0.15, -0.1) is 0 Å². The smallest absolute Gasteiger partial charge is 0.395 e. The molecule has 0 N–H and O–H groups in total. The molecule has 0 bridgehead atoms. The molecular weight excluding hydrogens is 241 g/mol. The molecule has 96 valence electrons. The first-order valence-electron chi connectivity index (χ1n) is 5.56. The number of hydrogen-bond acceptors (Lipinski definition) is 1. The summed E-state index contributed by atoms with van der Waals surface area (Å²) in [4.78, 5) is 0. The van der Waals surface area contributed by atoms with Crippen molar-refractivity contribution in [3.8, 4) is 5.75 Å². The van der Waals surface area contributed by atoms with E-state index in [0.717, 1.165) is 10.8 Å². The second-order valence-corrected chi connectivity index (χ2v) is 4.24. The fourth-order valence-electron chi connectivity index (χ4n) is 1.83. The Labute approximate surface area is 103 Å². The number of hydrogen-bond donors (Lipinski definition) is 0. The molecule has 2 aromatic rings. The summed E-state index contributed by atoms with van der Waals surface area (Å²) in [5.74, 6) is -0.761. The Morgan fingerprint density at radius 3 is 2.22 bits per heavy atom. The number of alkyl halides is 3. The van der Waals surface area contributed by atoms with E-state index in [9.17, 15) is 13.2 Å². The van der Waals surface area contributed by atoms with Crippen LogP contribution in [0.15, 0.2) is 36.4 Å². The summed E-state index contributed by atoms with van der Waals surface area (Å²) < 4.78 is 43.0. The summed E-state index contributed by atoms with van der Waals surface area (Å²) in [6.45, 7) is 1.17. The highest BCUT2D eigenvalue weighted by Gasteiger charge is 2.36. The van der Waals surface area contributed by atoms with Crippen molar-refractivity contribution >= 4 is 10.8 Å². The highest BCUT2D eigenvalue weighted by atomic mass is 19.4. The second-order valence-electron chi connectivity index (χ2n) is 4.24. The van der Waals surface area contributed by atoms with E-state index in [-0.39, 0.29) is 5.56 Å². The summed E-state index contributed by atoms with van der Waals surface area (Å²) >= 11 is 0. The number of rotatable bonds is 2. The second kappa shape index (κ2) is 4.52. The molecule has 0 radical (unpaired) electrons. The first kappa shape index (κ1) is 12.7. The zero-order valence-corrected chi connectivity index (χ0v) is 10.1. The van der Waals surface area contributed by atoms with Crippen LogP contribution >= 0.6 is 0 Å². The Balaban J connectivity index is 2.45. The Kier molecular flexibility index (Phi) is 3.20. The molecule has 0 saturated heterocycles. The third-order valence-corrected chi connectivity index (χ3v) is 3.06. The maximum Gasteiger partial charge on any atom is 0.395 e. The van der Waals surface area contributed by atoms with Crippen molar-refractivity contribution in [2.75, 3.05) is 7.11 Å². The third-order valence-electron chi connectivity index (χ3n) is 3.06. The van der Waals surface area contributed by atoms with E-state index in [0.29, 0.717) is 5.75 Å². The van der Waals surface area contributed by atoms with Gasteiger partial charge in [0.1, 0.15) is 5.75 Å². The van der Waals surface area contributed by atoms with Crippen molar-refractivity contribution in [1.29, 1.82) is 0 Å². The minimum absolute atomic E-state index is 0.278. The highest BCUT2D eigenvalue weighted by Crippen LogP contribution is 2.35. The summed E-state index contributed by atoms with van der Waals surface area (Å²) in [5, 5.41) is 1.65. The van der Waals surface area contributed by atoms with Gasteiger partial charge < -0.3 is 4.74 Å². The van der Waals surface area contributed by atoms with Crippen molar-refractivity contribution in [2.24, 2.45) is 0 Å². The molecule has 0 aromatic heterocycles. The number of fused-ring (bicyclic) bond motifs is 1. The SMILES string of the molecule is COc1ccc2cc(C(C)C(F)(F)F)ccc2c1. The predicted molar refractivity (Wildman–Crippen MR) is 65.0 cm³/mol. The molecule has 0 saturated carbocycles. The van der Waals surface area contributed by atoms with Gasteiger partial charge in [0.05, 0.1) is 13.0 Å². The molecule has 1 nitrogen and oxygen atoms in total. The Morgan fingerprint density at radius 1 is 1.00 bits per heavy atom. The van der Waals surface area contributed by atoms with Gasteiger partial charge in [-0.2, -0.15) is 13.2 Å². The van der Waals surface area contributed by atoms with E-state index in [1.54, 1.807) is 37.4 Å². The van der Waals surface area contributed by atoms with Crippen molar-refractivity contribution in [3.63, 3.8) is 0 Å². The molecule has 0 fully saturated rings. The molecule has 0 aliphatic heterocycles. The molecule has 0 spiro atoms. The van der Waals surface area contributed by atoms with E-state index < -0.39 is 12.1 Å². The number of ether oxygens (including phenoxy) is 1. The van der Waals surface area contributed by atoms with E-state index >= 15 is 0 Å². The van der Waals surface area contributed by atoms with Crippen molar-refractivity contribution < 1.29 is 17.9 Å². The molecule has 2 rings (SSSR count). The predicted octanol–water partition coefficient (Wildman–Crippen LogP) is 4.51. The third kappa shape index (κ3) is 2.42. The van der Waals surface area contributed by atoms with Gasteiger partial charge in [0.2, 0.25) is 0 Å².